The number of hydrogen-bond acceptors (Lipinski definition) is 4. The molecule has 4 nitrogen and oxygen atoms in total. The van der Waals surface area contributed by atoms with E-state index in [4.69, 9.17) is 11.6 Å². The molecule has 0 heterocycles. The van der Waals surface area contributed by atoms with Gasteiger partial charge in [-0.05, 0) is 24.6 Å². The normalized spacial score (nSPS) is 14.2. The molecule has 0 saturated carbocycles. The van der Waals surface area contributed by atoms with Crippen molar-refractivity contribution < 1.29 is 19.7 Å². The van der Waals surface area contributed by atoms with E-state index in [9.17, 15) is 15.0 Å². The Morgan fingerprint density at radius 2 is 2.12 bits per heavy atom. The van der Waals surface area contributed by atoms with Gasteiger partial charge in [-0.1, -0.05) is 17.7 Å². The minimum absolute atomic E-state index is 0.0664. The molecule has 0 radical (unpaired) electrons. The maximum absolute atomic E-state index is 11.2. The predicted octanol–water partition coefficient (Wildman–Crippen LogP) is 1.89. The third kappa shape index (κ3) is 2.65. The zero-order chi connectivity index (χ0) is 12.3. The Kier molecular flexibility index (Phi) is 4.15. The molecule has 1 aromatic rings. The zero-order valence-electron chi connectivity index (χ0n) is 8.98. The molecule has 1 aromatic carbocycles. The van der Waals surface area contributed by atoms with Crippen molar-refractivity contribution in [2.45, 2.75) is 13.0 Å². The van der Waals surface area contributed by atoms with Gasteiger partial charge in [0.15, 0.2) is 0 Å². The topological polar surface area (TPSA) is 66.8 Å². The van der Waals surface area contributed by atoms with Crippen LogP contribution in [0, 0.1) is 5.92 Å². The third-order valence-electron chi connectivity index (χ3n) is 2.36. The summed E-state index contributed by atoms with van der Waals surface area (Å²) in [6.07, 6.45) is -1.01. The van der Waals surface area contributed by atoms with Gasteiger partial charge >= 0.3 is 5.97 Å². The van der Waals surface area contributed by atoms with E-state index in [0.717, 1.165) is 0 Å². The first-order chi connectivity index (χ1) is 7.47. The van der Waals surface area contributed by atoms with E-state index >= 15 is 0 Å². The van der Waals surface area contributed by atoms with Crippen LogP contribution < -0.4 is 0 Å². The molecule has 0 fully saturated rings. The van der Waals surface area contributed by atoms with Gasteiger partial charge < -0.3 is 14.9 Å². The summed E-state index contributed by atoms with van der Waals surface area (Å²) in [6.45, 7) is 1.55. The number of ether oxygens (including phenoxy) is 1. The number of phenols is 1. The second-order valence-corrected chi connectivity index (χ2v) is 3.87. The lowest BCUT2D eigenvalue weighted by Gasteiger charge is -2.17. The highest BCUT2D eigenvalue weighted by Crippen LogP contribution is 2.29. The van der Waals surface area contributed by atoms with Gasteiger partial charge in [0.05, 0.1) is 24.2 Å². The molecule has 0 aromatic heterocycles. The van der Waals surface area contributed by atoms with Crippen LogP contribution >= 0.6 is 11.6 Å². The second kappa shape index (κ2) is 5.18. The van der Waals surface area contributed by atoms with E-state index in [1.165, 1.54) is 25.3 Å². The summed E-state index contributed by atoms with van der Waals surface area (Å²) in [5, 5.41) is 19.2. The van der Waals surface area contributed by atoms with Gasteiger partial charge in [0.2, 0.25) is 0 Å². The molecule has 0 spiro atoms. The summed E-state index contributed by atoms with van der Waals surface area (Å²) in [5.74, 6) is -1.26. The highest BCUT2D eigenvalue weighted by atomic mass is 35.5. The number of phenolic OH excluding ortho intramolecular Hbond substituents is 1. The summed E-state index contributed by atoms with van der Waals surface area (Å²) in [6, 6.07) is 4.29. The second-order valence-electron chi connectivity index (χ2n) is 3.47. The zero-order valence-corrected chi connectivity index (χ0v) is 9.73. The van der Waals surface area contributed by atoms with Crippen LogP contribution in [0.25, 0.3) is 0 Å². The number of rotatable bonds is 3. The molecular formula is C11H13ClO4. The van der Waals surface area contributed by atoms with E-state index in [-0.39, 0.29) is 10.8 Å². The Balaban J connectivity index is 2.91. The van der Waals surface area contributed by atoms with Crippen molar-refractivity contribution >= 4 is 17.6 Å². The smallest absolute Gasteiger partial charge is 0.311 e. The van der Waals surface area contributed by atoms with Crippen molar-refractivity contribution in [2.75, 3.05) is 7.11 Å². The number of aliphatic hydroxyl groups is 1. The van der Waals surface area contributed by atoms with Crippen molar-refractivity contribution in [3.05, 3.63) is 28.8 Å². The first-order valence-corrected chi connectivity index (χ1v) is 5.09. The number of methoxy groups -OCH3 is 1. The fraction of sp³-hybridized carbons (Fsp3) is 0.364. The predicted molar refractivity (Wildman–Crippen MR) is 59.3 cm³/mol. The Hall–Kier alpha value is -1.26. The molecule has 5 heteroatoms. The van der Waals surface area contributed by atoms with E-state index in [1.807, 2.05) is 0 Å². The summed E-state index contributed by atoms with van der Waals surface area (Å²) >= 11 is 5.70. The number of carbonyl (C=O) groups excluding carboxylic acids is 1. The number of esters is 1. The van der Waals surface area contributed by atoms with Gasteiger partial charge in [-0.25, -0.2) is 0 Å². The van der Waals surface area contributed by atoms with Crippen molar-refractivity contribution in [1.29, 1.82) is 0 Å². The molecule has 0 aliphatic carbocycles. The molecule has 88 valence electrons. The summed E-state index contributed by atoms with van der Waals surface area (Å²) < 4.78 is 4.53. The maximum Gasteiger partial charge on any atom is 0.311 e. The van der Waals surface area contributed by atoms with Crippen molar-refractivity contribution in [1.82, 2.24) is 0 Å². The van der Waals surface area contributed by atoms with Crippen LogP contribution in [0.5, 0.6) is 5.75 Å². The summed E-state index contributed by atoms with van der Waals surface area (Å²) in [7, 11) is 1.26. The number of benzene rings is 1. The number of carbonyl (C=O) groups is 1. The van der Waals surface area contributed by atoms with Gasteiger partial charge in [0.1, 0.15) is 5.75 Å². The molecular weight excluding hydrogens is 232 g/mol. The first-order valence-electron chi connectivity index (χ1n) is 4.71. The van der Waals surface area contributed by atoms with Crippen molar-refractivity contribution in [3.8, 4) is 5.75 Å². The fourth-order valence-corrected chi connectivity index (χ4v) is 1.50. The van der Waals surface area contributed by atoms with E-state index in [2.05, 4.69) is 4.74 Å². The van der Waals surface area contributed by atoms with Crippen LogP contribution in [0.15, 0.2) is 18.2 Å². The molecule has 0 aliphatic rings. The van der Waals surface area contributed by atoms with Gasteiger partial charge in [-0.3, -0.25) is 4.79 Å². The molecule has 16 heavy (non-hydrogen) atoms. The van der Waals surface area contributed by atoms with E-state index in [1.54, 1.807) is 6.92 Å². The van der Waals surface area contributed by atoms with E-state index in [0.29, 0.717) is 5.56 Å². The largest absolute Gasteiger partial charge is 0.506 e. The van der Waals surface area contributed by atoms with Crippen LogP contribution in [0.4, 0.5) is 0 Å². The number of hydrogen-bond donors (Lipinski definition) is 2. The monoisotopic (exact) mass is 244 g/mol. The minimum atomic E-state index is -1.01. The van der Waals surface area contributed by atoms with Crippen molar-refractivity contribution in [3.63, 3.8) is 0 Å². The van der Waals surface area contributed by atoms with E-state index < -0.39 is 18.0 Å². The quantitative estimate of drug-likeness (QED) is 0.797. The average molecular weight is 245 g/mol. The molecule has 0 saturated heterocycles. The molecule has 1 rings (SSSR count). The molecule has 0 bridgehead atoms. The molecule has 0 amide bonds. The van der Waals surface area contributed by atoms with Crippen LogP contribution in [-0.2, 0) is 9.53 Å². The Morgan fingerprint density at radius 1 is 1.50 bits per heavy atom. The number of halogens is 1. The maximum atomic E-state index is 11.2. The van der Waals surface area contributed by atoms with Crippen LogP contribution in [0.1, 0.15) is 18.6 Å². The number of aliphatic hydroxyl groups excluding tert-OH is 1. The average Bonchev–Trinajstić information content (AvgIpc) is 2.29. The lowest BCUT2D eigenvalue weighted by Crippen LogP contribution is -2.20. The molecule has 2 N–H and O–H groups in total. The molecule has 2 atom stereocenters. The Labute approximate surface area is 98.4 Å². The fourth-order valence-electron chi connectivity index (χ4n) is 1.31. The van der Waals surface area contributed by atoms with Gasteiger partial charge in [-0.2, -0.15) is 0 Å². The molecule has 0 aliphatic heterocycles. The Morgan fingerprint density at radius 3 is 2.62 bits per heavy atom. The van der Waals surface area contributed by atoms with Gasteiger partial charge in [-0.15, -0.1) is 0 Å². The summed E-state index contributed by atoms with van der Waals surface area (Å²) in [5.41, 5.74) is 0.459. The van der Waals surface area contributed by atoms with Gasteiger partial charge in [0, 0.05) is 0 Å². The third-order valence-corrected chi connectivity index (χ3v) is 2.66. The SMILES string of the molecule is COC(=O)C(C)C(O)c1ccc(O)c(Cl)c1. The standard InChI is InChI=1S/C11H13ClO4/c1-6(11(15)16-2)10(14)7-3-4-9(13)8(12)5-7/h3-6,10,13-14H,1-2H3. The Bertz CT molecular complexity index is 392. The lowest BCUT2D eigenvalue weighted by molar-refractivity contribution is -0.148. The highest BCUT2D eigenvalue weighted by molar-refractivity contribution is 6.32. The molecule has 2 unspecified atom stereocenters. The van der Waals surface area contributed by atoms with Crippen LogP contribution in [0.2, 0.25) is 5.02 Å². The van der Waals surface area contributed by atoms with Crippen LogP contribution in [0.3, 0.4) is 0 Å². The summed E-state index contributed by atoms with van der Waals surface area (Å²) in [4.78, 5) is 11.2. The minimum Gasteiger partial charge on any atom is -0.506 e. The number of aromatic hydroxyl groups is 1. The van der Waals surface area contributed by atoms with Crippen LogP contribution in [-0.4, -0.2) is 23.3 Å². The highest BCUT2D eigenvalue weighted by Gasteiger charge is 2.24. The first kappa shape index (κ1) is 12.8. The van der Waals surface area contributed by atoms with Gasteiger partial charge in [0.25, 0.3) is 0 Å². The lowest BCUT2D eigenvalue weighted by atomic mass is 9.97. The van der Waals surface area contributed by atoms with Crippen molar-refractivity contribution in [2.24, 2.45) is 5.92 Å².